The van der Waals surface area contributed by atoms with E-state index in [9.17, 15) is 9.59 Å². The minimum absolute atomic E-state index is 0.0143. The largest absolute Gasteiger partial charge is 0.495 e. The van der Waals surface area contributed by atoms with Crippen LogP contribution in [0.4, 0.5) is 5.82 Å². The van der Waals surface area contributed by atoms with Gasteiger partial charge in [-0.05, 0) is 37.7 Å². The summed E-state index contributed by atoms with van der Waals surface area (Å²) in [4.78, 5) is 37.2. The van der Waals surface area contributed by atoms with Gasteiger partial charge in [0, 0.05) is 30.8 Å². The van der Waals surface area contributed by atoms with Crippen LogP contribution in [0.5, 0.6) is 11.5 Å². The lowest BCUT2D eigenvalue weighted by Crippen LogP contribution is -2.42. The van der Waals surface area contributed by atoms with Gasteiger partial charge in [-0.1, -0.05) is 0 Å². The average Bonchev–Trinajstić information content (AvgIpc) is 2.88. The SMILES string of the molecule is COc1cnc2ccc(=O)n(CC(N)C3CCC(NCc4ncc5c(n4)NC(=O)CO5)CC3)c2c1. The van der Waals surface area contributed by atoms with Gasteiger partial charge in [0.05, 0.1) is 37.1 Å². The Balaban J connectivity index is 1.17. The van der Waals surface area contributed by atoms with Crippen LogP contribution >= 0.6 is 0 Å². The van der Waals surface area contributed by atoms with Gasteiger partial charge in [0.25, 0.3) is 11.5 Å². The molecule has 5 rings (SSSR count). The van der Waals surface area contributed by atoms with Crippen molar-refractivity contribution in [3.63, 3.8) is 0 Å². The van der Waals surface area contributed by atoms with Crippen molar-refractivity contribution in [2.24, 2.45) is 11.7 Å². The van der Waals surface area contributed by atoms with Crippen molar-refractivity contribution in [2.75, 3.05) is 19.0 Å². The van der Waals surface area contributed by atoms with E-state index in [-0.39, 0.29) is 24.1 Å². The van der Waals surface area contributed by atoms with Crippen LogP contribution in [0.2, 0.25) is 0 Å². The summed E-state index contributed by atoms with van der Waals surface area (Å²) in [5.74, 6) is 2.22. The zero-order chi connectivity index (χ0) is 24.4. The van der Waals surface area contributed by atoms with Gasteiger partial charge < -0.3 is 30.4 Å². The molecule has 3 aromatic heterocycles. The van der Waals surface area contributed by atoms with E-state index in [4.69, 9.17) is 15.2 Å². The first-order chi connectivity index (χ1) is 17.0. The normalized spacial score (nSPS) is 20.6. The molecule has 1 saturated carbocycles. The molecule has 1 unspecified atom stereocenters. The Morgan fingerprint density at radius 3 is 2.86 bits per heavy atom. The molecule has 11 heteroatoms. The number of carbonyl (C=O) groups is 1. The molecule has 1 amide bonds. The number of amides is 1. The summed E-state index contributed by atoms with van der Waals surface area (Å²) in [6.07, 6.45) is 7.12. The minimum atomic E-state index is -0.217. The van der Waals surface area contributed by atoms with Crippen LogP contribution in [-0.4, -0.2) is 51.2 Å². The molecule has 1 fully saturated rings. The number of nitrogens with one attached hydrogen (secondary N) is 2. The lowest BCUT2D eigenvalue weighted by molar-refractivity contribution is -0.118. The van der Waals surface area contributed by atoms with E-state index >= 15 is 0 Å². The number of carbonyl (C=O) groups excluding carboxylic acids is 1. The first-order valence-electron chi connectivity index (χ1n) is 11.8. The number of pyridine rings is 2. The fourth-order valence-electron chi connectivity index (χ4n) is 4.79. The molecule has 11 nitrogen and oxygen atoms in total. The number of ether oxygens (including phenoxy) is 2. The van der Waals surface area contributed by atoms with Crippen LogP contribution in [0, 0.1) is 5.92 Å². The highest BCUT2D eigenvalue weighted by Gasteiger charge is 2.27. The van der Waals surface area contributed by atoms with Gasteiger partial charge in [-0.25, -0.2) is 9.97 Å². The fraction of sp³-hybridized carbons (Fsp3) is 0.458. The van der Waals surface area contributed by atoms with Gasteiger partial charge in [-0.2, -0.15) is 0 Å². The lowest BCUT2D eigenvalue weighted by atomic mass is 9.81. The second-order valence-corrected chi connectivity index (χ2v) is 9.05. The zero-order valence-electron chi connectivity index (χ0n) is 19.6. The number of anilines is 1. The molecule has 0 saturated heterocycles. The van der Waals surface area contributed by atoms with E-state index in [1.807, 2.05) is 6.07 Å². The van der Waals surface area contributed by atoms with Crippen LogP contribution in [0.15, 0.2) is 35.4 Å². The highest BCUT2D eigenvalue weighted by molar-refractivity contribution is 5.94. The minimum Gasteiger partial charge on any atom is -0.495 e. The predicted molar refractivity (Wildman–Crippen MR) is 129 cm³/mol. The maximum Gasteiger partial charge on any atom is 0.263 e. The summed E-state index contributed by atoms with van der Waals surface area (Å²) in [5.41, 5.74) is 7.97. The highest BCUT2D eigenvalue weighted by atomic mass is 16.5. The molecule has 3 aromatic rings. The van der Waals surface area contributed by atoms with Crippen molar-refractivity contribution < 1.29 is 14.3 Å². The smallest absolute Gasteiger partial charge is 0.263 e. The molecular formula is C24H29N7O4. The summed E-state index contributed by atoms with van der Waals surface area (Å²) in [7, 11) is 1.58. The van der Waals surface area contributed by atoms with E-state index < -0.39 is 0 Å². The number of hydrogen-bond acceptors (Lipinski definition) is 9. The van der Waals surface area contributed by atoms with E-state index in [0.717, 1.165) is 36.7 Å². The summed E-state index contributed by atoms with van der Waals surface area (Å²) < 4.78 is 12.3. The molecule has 4 N–H and O–H groups in total. The van der Waals surface area contributed by atoms with Gasteiger partial charge in [0.15, 0.2) is 18.2 Å². The van der Waals surface area contributed by atoms with Gasteiger partial charge in [0.1, 0.15) is 11.6 Å². The van der Waals surface area contributed by atoms with Crippen LogP contribution < -0.4 is 31.4 Å². The Kier molecular flexibility index (Phi) is 6.60. The van der Waals surface area contributed by atoms with E-state index in [0.29, 0.717) is 48.2 Å². The van der Waals surface area contributed by atoms with Gasteiger partial charge in [0.2, 0.25) is 0 Å². The van der Waals surface area contributed by atoms with Crippen molar-refractivity contribution in [3.8, 4) is 11.5 Å². The first-order valence-corrected chi connectivity index (χ1v) is 11.8. The molecule has 1 atom stereocenters. The second kappa shape index (κ2) is 9.96. The fourth-order valence-corrected chi connectivity index (χ4v) is 4.79. The number of aromatic nitrogens is 4. The Labute approximate surface area is 202 Å². The van der Waals surface area contributed by atoms with Crippen LogP contribution in [-0.2, 0) is 17.9 Å². The molecule has 0 aromatic carbocycles. The molecule has 4 heterocycles. The van der Waals surface area contributed by atoms with E-state index in [1.165, 1.54) is 6.07 Å². The number of rotatable bonds is 7. The summed E-state index contributed by atoms with van der Waals surface area (Å²) in [6, 6.07) is 5.28. The molecule has 0 radical (unpaired) electrons. The second-order valence-electron chi connectivity index (χ2n) is 9.05. The standard InChI is InChI=1S/C24H29N7O4/c1-34-16-8-19-18(27-9-16)6-7-23(33)31(19)12-17(25)14-2-4-15(5-3-14)26-11-21-28-10-20-24(29-21)30-22(32)13-35-20/h6-10,14-15,17,26H,2-5,11-13,25H2,1H3,(H,28,29,30,32). The Morgan fingerprint density at radius 2 is 2.06 bits per heavy atom. The quantitative estimate of drug-likeness (QED) is 0.455. The Hall–Kier alpha value is -3.57. The number of nitrogens with zero attached hydrogens (tertiary/aromatic N) is 4. The van der Waals surface area contributed by atoms with Crippen LogP contribution in [0.3, 0.4) is 0 Å². The molecule has 35 heavy (non-hydrogen) atoms. The van der Waals surface area contributed by atoms with Gasteiger partial charge in [-0.15, -0.1) is 0 Å². The third-order valence-electron chi connectivity index (χ3n) is 6.79. The summed E-state index contributed by atoms with van der Waals surface area (Å²) >= 11 is 0. The molecule has 0 spiro atoms. The van der Waals surface area contributed by atoms with Gasteiger partial charge in [-0.3, -0.25) is 14.6 Å². The highest BCUT2D eigenvalue weighted by Crippen LogP contribution is 2.28. The molecule has 2 aliphatic rings. The first kappa shape index (κ1) is 23.2. The number of nitrogens with two attached hydrogens (primary N) is 1. The monoisotopic (exact) mass is 479 g/mol. The average molecular weight is 480 g/mol. The number of hydrogen-bond donors (Lipinski definition) is 3. The van der Waals surface area contributed by atoms with Crippen molar-refractivity contribution >= 4 is 22.8 Å². The van der Waals surface area contributed by atoms with E-state index in [1.54, 1.807) is 30.1 Å². The lowest BCUT2D eigenvalue weighted by Gasteiger charge is -2.33. The molecule has 0 bridgehead atoms. The zero-order valence-corrected chi connectivity index (χ0v) is 19.6. The van der Waals surface area contributed by atoms with Crippen molar-refractivity contribution in [1.82, 2.24) is 24.8 Å². The van der Waals surface area contributed by atoms with Crippen molar-refractivity contribution in [1.29, 1.82) is 0 Å². The van der Waals surface area contributed by atoms with Gasteiger partial charge >= 0.3 is 0 Å². The Morgan fingerprint density at radius 1 is 1.23 bits per heavy atom. The number of fused-ring (bicyclic) bond motifs is 2. The third-order valence-corrected chi connectivity index (χ3v) is 6.79. The topological polar surface area (TPSA) is 146 Å². The maximum absolute atomic E-state index is 12.6. The molecular weight excluding hydrogens is 450 g/mol. The van der Waals surface area contributed by atoms with Crippen molar-refractivity contribution in [3.05, 3.63) is 46.8 Å². The van der Waals surface area contributed by atoms with Crippen LogP contribution in [0.1, 0.15) is 31.5 Å². The number of methoxy groups -OCH3 is 1. The van der Waals surface area contributed by atoms with E-state index in [2.05, 4.69) is 25.6 Å². The molecule has 1 aliphatic carbocycles. The maximum atomic E-state index is 12.6. The predicted octanol–water partition coefficient (Wildman–Crippen LogP) is 1.20. The molecule has 184 valence electrons. The Bertz CT molecular complexity index is 1290. The third kappa shape index (κ3) is 5.10. The summed E-state index contributed by atoms with van der Waals surface area (Å²) in [5, 5.41) is 6.22. The van der Waals surface area contributed by atoms with Crippen molar-refractivity contribution in [2.45, 2.75) is 50.9 Å². The van der Waals surface area contributed by atoms with Crippen LogP contribution in [0.25, 0.3) is 11.0 Å². The molecule has 1 aliphatic heterocycles. The summed E-state index contributed by atoms with van der Waals surface area (Å²) in [6.45, 7) is 0.925.